The van der Waals surface area contributed by atoms with E-state index in [1.165, 1.54) is 11.3 Å². The van der Waals surface area contributed by atoms with E-state index < -0.39 is 0 Å². The summed E-state index contributed by atoms with van der Waals surface area (Å²) in [6, 6.07) is 9.67. The highest BCUT2D eigenvalue weighted by molar-refractivity contribution is 7.12. The number of nitrogens with zero attached hydrogens (tertiary/aromatic N) is 3. The molecule has 1 amide bonds. The van der Waals surface area contributed by atoms with Crippen molar-refractivity contribution >= 4 is 17.2 Å². The third kappa shape index (κ3) is 3.85. The zero-order chi connectivity index (χ0) is 20.5. The third-order valence-corrected chi connectivity index (χ3v) is 6.62. The van der Waals surface area contributed by atoms with E-state index in [1.807, 2.05) is 47.5 Å². The van der Waals surface area contributed by atoms with Crippen molar-refractivity contribution in [1.29, 1.82) is 0 Å². The molecule has 2 fully saturated rings. The fraction of sp³-hybridized carbons (Fsp3) is 0.409. The lowest BCUT2D eigenvalue weighted by Crippen LogP contribution is -2.56. The predicted molar refractivity (Wildman–Crippen MR) is 112 cm³/mol. The molecular formula is C22H23N3O4S. The first kappa shape index (κ1) is 19.3. The first-order valence-electron chi connectivity index (χ1n) is 10.2. The highest BCUT2D eigenvalue weighted by Crippen LogP contribution is 2.29. The maximum absolute atomic E-state index is 12.5. The second-order valence-electron chi connectivity index (χ2n) is 7.75. The highest BCUT2D eigenvalue weighted by Gasteiger charge is 2.33. The normalized spacial score (nSPS) is 17.7. The number of aromatic nitrogens is 2. The Kier molecular flexibility index (Phi) is 5.26. The number of amides is 1. The maximum atomic E-state index is 12.5. The van der Waals surface area contributed by atoms with Gasteiger partial charge < -0.3 is 18.9 Å². The van der Waals surface area contributed by atoms with Crippen LogP contribution in [-0.2, 0) is 4.74 Å². The summed E-state index contributed by atoms with van der Waals surface area (Å²) in [5.74, 6) is 2.43. The van der Waals surface area contributed by atoms with Gasteiger partial charge in [0.25, 0.3) is 5.91 Å². The van der Waals surface area contributed by atoms with Crippen molar-refractivity contribution in [2.24, 2.45) is 0 Å². The molecule has 8 heteroatoms. The van der Waals surface area contributed by atoms with Crippen molar-refractivity contribution in [1.82, 2.24) is 15.0 Å². The molecule has 0 saturated carbocycles. The van der Waals surface area contributed by atoms with Crippen molar-refractivity contribution < 1.29 is 18.8 Å². The van der Waals surface area contributed by atoms with Gasteiger partial charge in [-0.05, 0) is 61.0 Å². The Bertz CT molecular complexity index is 1020. The van der Waals surface area contributed by atoms with Crippen LogP contribution in [0.15, 0.2) is 40.2 Å². The molecule has 0 aliphatic carbocycles. The van der Waals surface area contributed by atoms with Crippen molar-refractivity contribution in [2.75, 3.05) is 26.3 Å². The Morgan fingerprint density at radius 2 is 1.93 bits per heavy atom. The molecule has 30 heavy (non-hydrogen) atoms. The SMILES string of the molecule is Cc1ccsc1C(=O)N1CC(Oc2ccc(-c3noc(C4CCOCC4)n3)cc2)C1. The summed E-state index contributed by atoms with van der Waals surface area (Å²) in [7, 11) is 0. The molecule has 2 aliphatic rings. The van der Waals surface area contributed by atoms with Crippen LogP contribution in [0, 0.1) is 6.92 Å². The maximum Gasteiger partial charge on any atom is 0.264 e. The largest absolute Gasteiger partial charge is 0.487 e. The van der Waals surface area contributed by atoms with Crippen molar-refractivity contribution in [2.45, 2.75) is 31.8 Å². The number of carbonyl (C=O) groups is 1. The lowest BCUT2D eigenvalue weighted by atomic mass is 10.0. The summed E-state index contributed by atoms with van der Waals surface area (Å²) in [4.78, 5) is 19.7. The van der Waals surface area contributed by atoms with Crippen LogP contribution >= 0.6 is 11.3 Å². The fourth-order valence-electron chi connectivity index (χ4n) is 3.75. The third-order valence-electron chi connectivity index (χ3n) is 5.62. The van der Waals surface area contributed by atoms with E-state index in [9.17, 15) is 4.79 Å². The summed E-state index contributed by atoms with van der Waals surface area (Å²) in [5, 5.41) is 6.08. The van der Waals surface area contributed by atoms with Crippen LogP contribution in [0.4, 0.5) is 0 Å². The van der Waals surface area contributed by atoms with Crippen LogP contribution in [0.5, 0.6) is 5.75 Å². The van der Waals surface area contributed by atoms with Gasteiger partial charge in [0, 0.05) is 24.7 Å². The summed E-state index contributed by atoms with van der Waals surface area (Å²) in [6.45, 7) is 4.67. The predicted octanol–water partition coefficient (Wildman–Crippen LogP) is 3.90. The van der Waals surface area contributed by atoms with E-state index in [1.54, 1.807) is 0 Å². The Labute approximate surface area is 178 Å². The second-order valence-corrected chi connectivity index (χ2v) is 8.67. The van der Waals surface area contributed by atoms with E-state index in [0.717, 1.165) is 47.8 Å². The van der Waals surface area contributed by atoms with Gasteiger partial charge in [0.1, 0.15) is 11.9 Å². The first-order chi connectivity index (χ1) is 14.7. The average Bonchev–Trinajstić information content (AvgIpc) is 3.40. The van der Waals surface area contributed by atoms with E-state index in [-0.39, 0.29) is 17.9 Å². The molecule has 0 unspecified atom stereocenters. The number of hydrogen-bond donors (Lipinski definition) is 0. The van der Waals surface area contributed by atoms with Gasteiger partial charge in [-0.25, -0.2) is 0 Å². The average molecular weight is 426 g/mol. The molecule has 4 heterocycles. The second kappa shape index (κ2) is 8.20. The van der Waals surface area contributed by atoms with Gasteiger partial charge in [0.15, 0.2) is 0 Å². The zero-order valence-corrected chi connectivity index (χ0v) is 17.6. The van der Waals surface area contributed by atoms with Crippen LogP contribution in [0.3, 0.4) is 0 Å². The van der Waals surface area contributed by atoms with Gasteiger partial charge in [-0.3, -0.25) is 4.79 Å². The summed E-state index contributed by atoms with van der Waals surface area (Å²) >= 11 is 1.49. The number of benzene rings is 1. The van der Waals surface area contributed by atoms with E-state index in [4.69, 9.17) is 14.0 Å². The van der Waals surface area contributed by atoms with Gasteiger partial charge in [-0.2, -0.15) is 4.98 Å². The zero-order valence-electron chi connectivity index (χ0n) is 16.7. The summed E-state index contributed by atoms with van der Waals surface area (Å²) in [6.07, 6.45) is 1.85. The van der Waals surface area contributed by atoms with Gasteiger partial charge in [0.2, 0.25) is 11.7 Å². The Morgan fingerprint density at radius 3 is 2.63 bits per heavy atom. The number of rotatable bonds is 5. The lowest BCUT2D eigenvalue weighted by Gasteiger charge is -2.38. The number of carbonyl (C=O) groups excluding carboxylic acids is 1. The number of likely N-dealkylation sites (tertiary alicyclic amines) is 1. The molecule has 5 rings (SSSR count). The number of thiophene rings is 1. The lowest BCUT2D eigenvalue weighted by molar-refractivity contribution is 0.0181. The molecule has 7 nitrogen and oxygen atoms in total. The van der Waals surface area contributed by atoms with Crippen molar-refractivity contribution in [3.63, 3.8) is 0 Å². The van der Waals surface area contributed by atoms with Crippen molar-refractivity contribution in [3.8, 4) is 17.1 Å². The van der Waals surface area contributed by atoms with Crippen LogP contribution < -0.4 is 4.74 Å². The Balaban J connectivity index is 1.16. The Morgan fingerprint density at radius 1 is 1.17 bits per heavy atom. The van der Waals surface area contributed by atoms with Gasteiger partial charge in [0.05, 0.1) is 18.0 Å². The molecule has 0 spiro atoms. The van der Waals surface area contributed by atoms with Crippen molar-refractivity contribution in [3.05, 3.63) is 52.0 Å². The van der Waals surface area contributed by atoms with Crippen LogP contribution in [-0.4, -0.2) is 53.4 Å². The molecule has 0 atom stereocenters. The minimum absolute atomic E-state index is 0.0189. The van der Waals surface area contributed by atoms with Gasteiger partial charge >= 0.3 is 0 Å². The molecule has 2 saturated heterocycles. The highest BCUT2D eigenvalue weighted by atomic mass is 32.1. The first-order valence-corrected chi connectivity index (χ1v) is 11.1. The van der Waals surface area contributed by atoms with Gasteiger partial charge in [-0.1, -0.05) is 5.16 Å². The molecule has 156 valence electrons. The standard InChI is InChI=1S/C22H23N3O4S/c1-14-8-11-30-19(14)22(26)25-12-18(13-25)28-17-4-2-15(3-5-17)20-23-21(29-24-20)16-6-9-27-10-7-16/h2-5,8,11,16,18H,6-7,9-10,12-13H2,1H3. The molecule has 1 aromatic carbocycles. The topological polar surface area (TPSA) is 77.7 Å². The summed E-state index contributed by atoms with van der Waals surface area (Å²) < 4.78 is 16.9. The molecule has 3 aromatic rings. The van der Waals surface area contributed by atoms with Crippen LogP contribution in [0.2, 0.25) is 0 Å². The molecule has 2 aliphatic heterocycles. The number of hydrogen-bond acceptors (Lipinski definition) is 7. The summed E-state index contributed by atoms with van der Waals surface area (Å²) in [5.41, 5.74) is 1.93. The van der Waals surface area contributed by atoms with Gasteiger partial charge in [-0.15, -0.1) is 11.3 Å². The molecule has 0 N–H and O–H groups in total. The minimum atomic E-state index is 0.0189. The van der Waals surface area contributed by atoms with Crippen LogP contribution in [0.25, 0.3) is 11.4 Å². The monoisotopic (exact) mass is 425 g/mol. The number of aryl methyl sites for hydroxylation is 1. The van der Waals surface area contributed by atoms with E-state index in [2.05, 4.69) is 10.1 Å². The molecule has 0 bridgehead atoms. The van der Waals surface area contributed by atoms with E-state index >= 15 is 0 Å². The van der Waals surface area contributed by atoms with Crippen LogP contribution in [0.1, 0.15) is 39.9 Å². The Hall–Kier alpha value is -2.71. The minimum Gasteiger partial charge on any atom is -0.487 e. The van der Waals surface area contributed by atoms with E-state index in [0.29, 0.717) is 24.8 Å². The molecule has 0 radical (unpaired) electrons. The molecule has 2 aromatic heterocycles. The quantitative estimate of drug-likeness (QED) is 0.617. The molecular weight excluding hydrogens is 402 g/mol. The smallest absolute Gasteiger partial charge is 0.264 e. The number of ether oxygens (including phenoxy) is 2. The fourth-order valence-corrected chi connectivity index (χ4v) is 4.64.